The highest BCUT2D eigenvalue weighted by molar-refractivity contribution is 7.80. The molecule has 0 aliphatic carbocycles. The first-order chi connectivity index (χ1) is 23.2. The van der Waals surface area contributed by atoms with Crippen molar-refractivity contribution in [2.45, 2.75) is 50.9 Å². The molecule has 1 fully saturated rings. The van der Waals surface area contributed by atoms with Gasteiger partial charge in [-0.25, -0.2) is 28.6 Å². The lowest BCUT2D eigenvalue weighted by Crippen LogP contribution is -2.46. The quantitative estimate of drug-likeness (QED) is 0.0551. The number of hydrogen-bond donors (Lipinski definition) is 9. The first-order valence-corrected chi connectivity index (χ1v) is 19.6. The molecule has 1 aliphatic heterocycles. The number of imidazole rings is 2. The Hall–Kier alpha value is -2.37. The Morgan fingerprint density at radius 3 is 2.42 bits per heavy atom. The van der Waals surface area contributed by atoms with Crippen LogP contribution in [0.4, 0.5) is 0 Å². The normalized spacial score (nSPS) is 23.1. The standard InChI is InChI=1S/C23H36N7O16P3S/c1-23(2,18(33)21(34)26-4-3-14(31)24-6-8-50)10-43-49(40,41)46-48(38,39)42-9-13-17(45-47(35,36)37)16(32)22(44-13)30-12-27-15-19-25-5-7-29(19)11-28-20(15)30/h5,7,11-13,16-18,22,32-33,50H,3-4,6,8-10H2,1-2H3,(H,24,31)(H,26,34)(H,38,39)(H,40,41)(H2,35,36,37). The number of aliphatic hydroxyl groups excluding tert-OH is 2. The smallest absolute Gasteiger partial charge is 0.386 e. The predicted molar refractivity (Wildman–Crippen MR) is 170 cm³/mol. The Balaban J connectivity index is 1.36. The molecule has 0 aromatic carbocycles. The van der Waals surface area contributed by atoms with Crippen molar-refractivity contribution >= 4 is 64.7 Å². The molecule has 27 heteroatoms. The van der Waals surface area contributed by atoms with Gasteiger partial charge in [0.05, 0.1) is 19.5 Å². The zero-order valence-corrected chi connectivity index (χ0v) is 29.8. The molecule has 8 N–H and O–H groups in total. The minimum atomic E-state index is -5.54. The molecule has 23 nitrogen and oxygen atoms in total. The fourth-order valence-corrected chi connectivity index (χ4v) is 7.55. The van der Waals surface area contributed by atoms with Crippen molar-refractivity contribution in [3.8, 4) is 0 Å². The third-order valence-corrected chi connectivity index (χ3v) is 10.4. The Morgan fingerprint density at radius 2 is 1.74 bits per heavy atom. The second-order valence-electron chi connectivity index (χ2n) is 11.4. The average molecular weight is 792 g/mol. The van der Waals surface area contributed by atoms with Crippen LogP contribution >= 0.6 is 36.1 Å². The van der Waals surface area contributed by atoms with Crippen LogP contribution in [0.1, 0.15) is 26.5 Å². The molecule has 0 saturated carbocycles. The molecule has 7 atom stereocenters. The summed E-state index contributed by atoms with van der Waals surface area (Å²) in [5, 5.41) is 26.3. The summed E-state index contributed by atoms with van der Waals surface area (Å²) in [6.45, 7) is 0.762. The molecule has 3 aromatic rings. The number of aromatic nitrogens is 5. The van der Waals surface area contributed by atoms with Crippen molar-refractivity contribution in [1.29, 1.82) is 0 Å². The Bertz CT molecular complexity index is 1820. The average Bonchev–Trinajstić information content (AvgIpc) is 3.74. The molecule has 1 saturated heterocycles. The monoisotopic (exact) mass is 791 g/mol. The molecule has 50 heavy (non-hydrogen) atoms. The summed E-state index contributed by atoms with van der Waals surface area (Å²) in [6.07, 6.45) is -3.17. The molecule has 4 rings (SSSR count). The molecule has 0 bridgehead atoms. The molecule has 1 aliphatic rings. The lowest BCUT2D eigenvalue weighted by Gasteiger charge is -2.30. The van der Waals surface area contributed by atoms with E-state index in [-0.39, 0.29) is 30.0 Å². The van der Waals surface area contributed by atoms with Crippen LogP contribution in [0.25, 0.3) is 16.8 Å². The first kappa shape index (κ1) is 40.4. The van der Waals surface area contributed by atoms with Crippen LogP contribution in [0.5, 0.6) is 0 Å². The summed E-state index contributed by atoms with van der Waals surface area (Å²) in [4.78, 5) is 75.8. The largest absolute Gasteiger partial charge is 0.481 e. The van der Waals surface area contributed by atoms with Gasteiger partial charge in [0.2, 0.25) is 11.8 Å². The van der Waals surface area contributed by atoms with E-state index in [4.69, 9.17) is 13.8 Å². The number of aliphatic hydroxyl groups is 2. The number of ether oxygens (including phenoxy) is 1. The number of fused-ring (bicyclic) bond motifs is 3. The lowest BCUT2D eigenvalue weighted by molar-refractivity contribution is -0.137. The van der Waals surface area contributed by atoms with Crippen LogP contribution in [0.15, 0.2) is 25.0 Å². The van der Waals surface area contributed by atoms with Crippen molar-refractivity contribution in [1.82, 2.24) is 34.6 Å². The number of phosphoric acid groups is 3. The number of hydrogen-bond acceptors (Lipinski definition) is 16. The summed E-state index contributed by atoms with van der Waals surface area (Å²) in [7, 11) is -16.3. The number of carbonyl (C=O) groups is 2. The van der Waals surface area contributed by atoms with E-state index in [1.165, 1.54) is 37.3 Å². The second kappa shape index (κ2) is 16.1. The van der Waals surface area contributed by atoms with Crippen LogP contribution in [-0.4, -0.2) is 122 Å². The summed E-state index contributed by atoms with van der Waals surface area (Å²) in [6, 6.07) is 0. The van der Waals surface area contributed by atoms with E-state index in [1.807, 2.05) is 0 Å². The van der Waals surface area contributed by atoms with Gasteiger partial charge < -0.3 is 45.2 Å². The zero-order chi connectivity index (χ0) is 37.1. The zero-order valence-electron chi connectivity index (χ0n) is 26.2. The van der Waals surface area contributed by atoms with Gasteiger partial charge in [-0.2, -0.15) is 16.9 Å². The van der Waals surface area contributed by atoms with Crippen LogP contribution in [0, 0.1) is 5.41 Å². The van der Waals surface area contributed by atoms with E-state index in [2.05, 4.69) is 47.0 Å². The maximum absolute atomic E-state index is 12.7. The van der Waals surface area contributed by atoms with Gasteiger partial charge in [-0.3, -0.25) is 32.1 Å². The van der Waals surface area contributed by atoms with Crippen molar-refractivity contribution < 1.29 is 75.7 Å². The highest BCUT2D eigenvalue weighted by Crippen LogP contribution is 2.61. The van der Waals surface area contributed by atoms with Gasteiger partial charge in [-0.1, -0.05) is 13.8 Å². The van der Waals surface area contributed by atoms with E-state index in [0.717, 1.165) is 0 Å². The van der Waals surface area contributed by atoms with E-state index in [1.54, 1.807) is 10.6 Å². The van der Waals surface area contributed by atoms with Gasteiger partial charge in [0.15, 0.2) is 23.0 Å². The SMILES string of the molecule is CC(C)(COP(=O)(O)OP(=O)(O)OCC1OC(n2cnc3c2ncn2ccnc32)C(O)C1OP(=O)(O)O)C(O)C(=O)NCCC(=O)NCCS. The van der Waals surface area contributed by atoms with E-state index in [9.17, 15) is 53.1 Å². The predicted octanol–water partition coefficient (Wildman–Crippen LogP) is -0.995. The Kier molecular flexibility index (Phi) is 13.0. The maximum Gasteiger partial charge on any atom is 0.481 e. The van der Waals surface area contributed by atoms with Crippen LogP contribution in [0.2, 0.25) is 0 Å². The van der Waals surface area contributed by atoms with Gasteiger partial charge in [-0.05, 0) is 0 Å². The topological polar surface area (TPSA) is 325 Å². The van der Waals surface area contributed by atoms with Crippen molar-refractivity contribution in [2.24, 2.45) is 5.41 Å². The minimum absolute atomic E-state index is 0.0979. The summed E-state index contributed by atoms with van der Waals surface area (Å²) in [5.74, 6) is -0.898. The van der Waals surface area contributed by atoms with Crippen LogP contribution < -0.4 is 10.6 Å². The van der Waals surface area contributed by atoms with Crippen molar-refractivity contribution in [2.75, 3.05) is 32.1 Å². The van der Waals surface area contributed by atoms with Crippen molar-refractivity contribution in [3.05, 3.63) is 25.0 Å². The number of rotatable bonds is 18. The van der Waals surface area contributed by atoms with Gasteiger partial charge >= 0.3 is 23.5 Å². The fourth-order valence-electron chi connectivity index (χ4n) is 4.61. The van der Waals surface area contributed by atoms with Gasteiger partial charge in [0.25, 0.3) is 0 Å². The molecule has 280 valence electrons. The Morgan fingerprint density at radius 1 is 1.04 bits per heavy atom. The second-order valence-corrected chi connectivity index (χ2v) is 16.1. The minimum Gasteiger partial charge on any atom is -0.386 e. The molecule has 7 unspecified atom stereocenters. The van der Waals surface area contributed by atoms with Crippen molar-refractivity contribution in [3.63, 3.8) is 0 Å². The number of carbonyl (C=O) groups excluding carboxylic acids is 2. The van der Waals surface area contributed by atoms with E-state index >= 15 is 0 Å². The highest BCUT2D eigenvalue weighted by Gasteiger charge is 2.50. The Labute approximate surface area is 288 Å². The van der Waals surface area contributed by atoms with Crippen LogP contribution in [0.3, 0.4) is 0 Å². The lowest BCUT2D eigenvalue weighted by atomic mass is 9.87. The first-order valence-electron chi connectivity index (χ1n) is 14.4. The van der Waals surface area contributed by atoms with E-state index in [0.29, 0.717) is 17.9 Å². The van der Waals surface area contributed by atoms with E-state index < -0.39 is 78.6 Å². The molecular formula is C23H36N7O16P3S. The summed E-state index contributed by atoms with van der Waals surface area (Å²) in [5.41, 5.74) is -0.780. The maximum atomic E-state index is 12.7. The third kappa shape index (κ3) is 10.4. The highest BCUT2D eigenvalue weighted by atomic mass is 32.1. The third-order valence-electron chi connectivity index (χ3n) is 7.08. The molecule has 0 spiro atoms. The van der Waals surface area contributed by atoms with Gasteiger partial charge in [-0.15, -0.1) is 0 Å². The number of nitrogens with one attached hydrogen (secondary N) is 2. The number of amides is 2. The molecule has 3 aromatic heterocycles. The molecule has 2 amide bonds. The van der Waals surface area contributed by atoms with Gasteiger partial charge in [0, 0.05) is 43.1 Å². The number of thiol groups is 1. The summed E-state index contributed by atoms with van der Waals surface area (Å²) >= 11 is 3.95. The molecule has 4 heterocycles. The molecule has 0 radical (unpaired) electrons. The van der Waals surface area contributed by atoms with Gasteiger partial charge in [0.1, 0.15) is 30.7 Å². The van der Waals surface area contributed by atoms with Crippen LogP contribution in [-0.2, 0) is 45.9 Å². The number of phosphoric ester groups is 3. The summed E-state index contributed by atoms with van der Waals surface area (Å²) < 4.78 is 63.8. The number of nitrogens with zero attached hydrogens (tertiary/aromatic N) is 5. The molecular weight excluding hydrogens is 755 g/mol. The fraction of sp³-hybridized carbons (Fsp3) is 0.609.